The van der Waals surface area contributed by atoms with Crippen molar-refractivity contribution in [1.29, 1.82) is 0 Å². The summed E-state index contributed by atoms with van der Waals surface area (Å²) in [6.45, 7) is 4.87. The molecule has 2 fully saturated rings. The van der Waals surface area contributed by atoms with Crippen molar-refractivity contribution < 1.29 is 9.59 Å². The molecule has 0 unspecified atom stereocenters. The molecule has 25 heavy (non-hydrogen) atoms. The molecule has 2 aliphatic heterocycles. The minimum absolute atomic E-state index is 0.0735. The first kappa shape index (κ1) is 17.9. The zero-order chi connectivity index (χ0) is 17.6. The lowest BCUT2D eigenvalue weighted by molar-refractivity contribution is -0.133. The lowest BCUT2D eigenvalue weighted by Crippen LogP contribution is -2.48. The molecular weight excluding hydrogens is 314 g/mol. The smallest absolute Gasteiger partial charge is 0.224 e. The van der Waals surface area contributed by atoms with Gasteiger partial charge in [-0.2, -0.15) is 0 Å². The molecule has 1 aromatic rings. The van der Waals surface area contributed by atoms with Gasteiger partial charge >= 0.3 is 0 Å². The summed E-state index contributed by atoms with van der Waals surface area (Å²) in [4.78, 5) is 28.2. The monoisotopic (exact) mass is 343 g/mol. The van der Waals surface area contributed by atoms with Crippen LogP contribution in [0.4, 0.5) is 0 Å². The molecule has 3 rings (SSSR count). The Labute approximate surface area is 150 Å². The third-order valence-corrected chi connectivity index (χ3v) is 5.42. The van der Waals surface area contributed by atoms with Gasteiger partial charge in [0.25, 0.3) is 0 Å². The van der Waals surface area contributed by atoms with Crippen LogP contribution in [0.3, 0.4) is 0 Å². The Kier molecular flexibility index (Phi) is 6.08. The van der Waals surface area contributed by atoms with Crippen molar-refractivity contribution >= 4 is 11.8 Å². The molecule has 5 nitrogen and oxygen atoms in total. The Morgan fingerprint density at radius 1 is 1.08 bits per heavy atom. The van der Waals surface area contributed by atoms with Crippen molar-refractivity contribution in [2.24, 2.45) is 0 Å². The molecule has 2 amide bonds. The van der Waals surface area contributed by atoms with Crippen LogP contribution < -0.4 is 5.32 Å². The predicted octanol–water partition coefficient (Wildman–Crippen LogP) is 2.17. The summed E-state index contributed by atoms with van der Waals surface area (Å²) in [5, 5.41) is 2.73. The third kappa shape index (κ3) is 4.60. The molecule has 0 saturated carbocycles. The summed E-state index contributed by atoms with van der Waals surface area (Å²) >= 11 is 0. The van der Waals surface area contributed by atoms with Gasteiger partial charge in [0.1, 0.15) is 0 Å². The van der Waals surface area contributed by atoms with E-state index in [0.29, 0.717) is 25.0 Å². The van der Waals surface area contributed by atoms with E-state index in [1.807, 2.05) is 0 Å². The average Bonchev–Trinajstić information content (AvgIpc) is 3.24. The van der Waals surface area contributed by atoms with E-state index in [2.05, 4.69) is 45.4 Å². The van der Waals surface area contributed by atoms with Crippen molar-refractivity contribution in [2.45, 2.75) is 57.7 Å². The Hall–Kier alpha value is -1.88. The van der Waals surface area contributed by atoms with E-state index >= 15 is 0 Å². The van der Waals surface area contributed by atoms with Gasteiger partial charge in [0.2, 0.25) is 11.8 Å². The standard InChI is InChI=1S/C20H29N3O2/c1-16(24)21-12-11-20(25)23-14-6-10-19(23)18-9-5-13-22(18)15-17-7-3-2-4-8-17/h2-4,7-8,18-19H,5-6,9-15H2,1H3,(H,21,24)/t18-,19-/m1/s1. The van der Waals surface area contributed by atoms with E-state index in [9.17, 15) is 9.59 Å². The highest BCUT2D eigenvalue weighted by atomic mass is 16.2. The van der Waals surface area contributed by atoms with Crippen LogP contribution in [0.15, 0.2) is 30.3 Å². The van der Waals surface area contributed by atoms with Crippen molar-refractivity contribution in [3.8, 4) is 0 Å². The van der Waals surface area contributed by atoms with E-state index in [0.717, 1.165) is 32.5 Å². The normalized spacial score (nSPS) is 23.8. The van der Waals surface area contributed by atoms with Crippen LogP contribution >= 0.6 is 0 Å². The first-order valence-corrected chi connectivity index (χ1v) is 9.47. The van der Waals surface area contributed by atoms with Crippen LogP contribution in [0.1, 0.15) is 44.6 Å². The number of hydrogen-bond donors (Lipinski definition) is 1. The molecule has 5 heteroatoms. The minimum Gasteiger partial charge on any atom is -0.356 e. The number of hydrogen-bond acceptors (Lipinski definition) is 3. The zero-order valence-electron chi connectivity index (χ0n) is 15.1. The Balaban J connectivity index is 1.60. The topological polar surface area (TPSA) is 52.7 Å². The third-order valence-electron chi connectivity index (χ3n) is 5.42. The van der Waals surface area contributed by atoms with E-state index in [1.54, 1.807) is 0 Å². The second-order valence-electron chi connectivity index (χ2n) is 7.20. The molecular formula is C20H29N3O2. The number of nitrogens with zero attached hydrogens (tertiary/aromatic N) is 2. The maximum Gasteiger partial charge on any atom is 0.224 e. The van der Waals surface area contributed by atoms with Crippen LogP contribution in [-0.4, -0.2) is 53.3 Å². The summed E-state index contributed by atoms with van der Waals surface area (Å²) in [6, 6.07) is 11.4. The predicted molar refractivity (Wildman–Crippen MR) is 97.9 cm³/mol. The Bertz CT molecular complexity index is 590. The number of likely N-dealkylation sites (tertiary alicyclic amines) is 2. The van der Waals surface area contributed by atoms with Crippen molar-refractivity contribution in [1.82, 2.24) is 15.1 Å². The molecule has 0 bridgehead atoms. The SMILES string of the molecule is CC(=O)NCCC(=O)N1CCC[C@@H]1[C@H]1CCCN1Cc1ccccc1. The van der Waals surface area contributed by atoms with Gasteiger partial charge in [-0.25, -0.2) is 0 Å². The number of amides is 2. The number of benzene rings is 1. The zero-order valence-corrected chi connectivity index (χ0v) is 15.1. The number of rotatable bonds is 6. The van der Waals surface area contributed by atoms with E-state index in [-0.39, 0.29) is 11.8 Å². The van der Waals surface area contributed by atoms with Gasteiger partial charge in [-0.15, -0.1) is 0 Å². The van der Waals surface area contributed by atoms with Gasteiger partial charge < -0.3 is 10.2 Å². The molecule has 1 N–H and O–H groups in total. The number of carbonyl (C=O) groups excluding carboxylic acids is 2. The summed E-state index contributed by atoms with van der Waals surface area (Å²) in [6.07, 6.45) is 4.98. The first-order chi connectivity index (χ1) is 12.1. The van der Waals surface area contributed by atoms with Gasteiger partial charge in [-0.3, -0.25) is 14.5 Å². The Morgan fingerprint density at radius 2 is 1.80 bits per heavy atom. The van der Waals surface area contributed by atoms with Gasteiger partial charge in [0, 0.05) is 45.1 Å². The van der Waals surface area contributed by atoms with E-state index < -0.39 is 0 Å². The molecule has 2 heterocycles. The van der Waals surface area contributed by atoms with Crippen LogP contribution in [0.5, 0.6) is 0 Å². The fourth-order valence-corrected chi connectivity index (χ4v) is 4.29. The van der Waals surface area contributed by atoms with Crippen LogP contribution in [0, 0.1) is 0 Å². The molecule has 2 saturated heterocycles. The molecule has 1 aromatic carbocycles. The summed E-state index contributed by atoms with van der Waals surface area (Å²) in [7, 11) is 0. The molecule has 2 atom stereocenters. The highest BCUT2D eigenvalue weighted by Crippen LogP contribution is 2.31. The molecule has 136 valence electrons. The molecule has 0 aromatic heterocycles. The number of nitrogens with one attached hydrogen (secondary N) is 1. The van der Waals surface area contributed by atoms with Crippen LogP contribution in [0.25, 0.3) is 0 Å². The second-order valence-corrected chi connectivity index (χ2v) is 7.20. The van der Waals surface area contributed by atoms with Gasteiger partial charge in [-0.1, -0.05) is 30.3 Å². The van der Waals surface area contributed by atoms with Gasteiger partial charge in [0.05, 0.1) is 0 Å². The maximum atomic E-state index is 12.6. The minimum atomic E-state index is -0.0735. The van der Waals surface area contributed by atoms with E-state index in [4.69, 9.17) is 0 Å². The van der Waals surface area contributed by atoms with Crippen LogP contribution in [-0.2, 0) is 16.1 Å². The first-order valence-electron chi connectivity index (χ1n) is 9.47. The van der Waals surface area contributed by atoms with Crippen molar-refractivity contribution in [2.75, 3.05) is 19.6 Å². The molecule has 0 spiro atoms. The Morgan fingerprint density at radius 3 is 2.56 bits per heavy atom. The molecule has 0 aliphatic carbocycles. The lowest BCUT2D eigenvalue weighted by Gasteiger charge is -2.35. The lowest BCUT2D eigenvalue weighted by atomic mass is 10.0. The van der Waals surface area contributed by atoms with E-state index in [1.165, 1.54) is 25.3 Å². The number of carbonyl (C=O) groups is 2. The van der Waals surface area contributed by atoms with Crippen LogP contribution in [0.2, 0.25) is 0 Å². The molecule has 2 aliphatic rings. The average molecular weight is 343 g/mol. The highest BCUT2D eigenvalue weighted by molar-refractivity contribution is 5.78. The maximum absolute atomic E-state index is 12.6. The largest absolute Gasteiger partial charge is 0.356 e. The molecule has 0 radical (unpaired) electrons. The second kappa shape index (κ2) is 8.48. The quantitative estimate of drug-likeness (QED) is 0.861. The summed E-state index contributed by atoms with van der Waals surface area (Å²) < 4.78 is 0. The van der Waals surface area contributed by atoms with Gasteiger partial charge in [0.15, 0.2) is 0 Å². The fraction of sp³-hybridized carbons (Fsp3) is 0.600. The highest BCUT2D eigenvalue weighted by Gasteiger charge is 2.39. The summed E-state index contributed by atoms with van der Waals surface area (Å²) in [5.41, 5.74) is 1.34. The van der Waals surface area contributed by atoms with Gasteiger partial charge in [-0.05, 0) is 37.8 Å². The van der Waals surface area contributed by atoms with Crippen molar-refractivity contribution in [3.05, 3.63) is 35.9 Å². The fourth-order valence-electron chi connectivity index (χ4n) is 4.29. The summed E-state index contributed by atoms with van der Waals surface area (Å²) in [5.74, 6) is 0.110. The van der Waals surface area contributed by atoms with Crippen molar-refractivity contribution in [3.63, 3.8) is 0 Å².